The van der Waals surface area contributed by atoms with Crippen molar-refractivity contribution in [3.8, 4) is 6.07 Å². The van der Waals surface area contributed by atoms with E-state index in [9.17, 15) is 0 Å². The van der Waals surface area contributed by atoms with Crippen molar-refractivity contribution in [1.82, 2.24) is 4.90 Å². The van der Waals surface area contributed by atoms with E-state index in [0.717, 1.165) is 13.0 Å². The highest BCUT2D eigenvalue weighted by Crippen LogP contribution is 2.40. The third kappa shape index (κ3) is 6.66. The predicted molar refractivity (Wildman–Crippen MR) is 120 cm³/mol. The van der Waals surface area contributed by atoms with Crippen molar-refractivity contribution in [3.05, 3.63) is 71.3 Å². The van der Waals surface area contributed by atoms with E-state index < -0.39 is 0 Å². The zero-order valence-electron chi connectivity index (χ0n) is 17.4. The van der Waals surface area contributed by atoms with Gasteiger partial charge in [-0.25, -0.2) is 0 Å². The van der Waals surface area contributed by atoms with Gasteiger partial charge in [-0.1, -0.05) is 61.5 Å². The van der Waals surface area contributed by atoms with E-state index in [1.165, 1.54) is 49.3 Å². The Morgan fingerprint density at radius 1 is 1.07 bits per heavy atom. The number of rotatable bonds is 8. The summed E-state index contributed by atoms with van der Waals surface area (Å²) >= 11 is 6.31. The van der Waals surface area contributed by atoms with Gasteiger partial charge in [-0.3, -0.25) is 4.90 Å². The van der Waals surface area contributed by atoms with Crippen LogP contribution in [0.15, 0.2) is 54.6 Å². The first-order chi connectivity index (χ1) is 13.6. The average molecular weight is 397 g/mol. The van der Waals surface area contributed by atoms with E-state index in [4.69, 9.17) is 16.9 Å². The van der Waals surface area contributed by atoms with E-state index in [0.29, 0.717) is 17.3 Å². The Morgan fingerprint density at radius 2 is 1.71 bits per heavy atom. The molecule has 0 saturated heterocycles. The van der Waals surface area contributed by atoms with Gasteiger partial charge in [-0.2, -0.15) is 5.26 Å². The molecule has 1 aliphatic rings. The molecule has 3 rings (SSSR count). The molecule has 2 aromatic rings. The smallest absolute Gasteiger partial charge is 0.0587 e. The monoisotopic (exact) mass is 396 g/mol. The number of hydrogen-bond acceptors (Lipinski definition) is 2. The first-order valence-electron chi connectivity index (χ1n) is 10.4. The van der Waals surface area contributed by atoms with Crippen LogP contribution in [-0.4, -0.2) is 23.4 Å². The van der Waals surface area contributed by atoms with E-state index in [1.54, 1.807) is 6.07 Å². The minimum absolute atomic E-state index is 0.349. The lowest BCUT2D eigenvalue weighted by Crippen LogP contribution is -2.31. The number of alkyl halides is 1. The normalized spacial score (nSPS) is 19.1. The van der Waals surface area contributed by atoms with Crippen LogP contribution in [0.5, 0.6) is 0 Å². The van der Waals surface area contributed by atoms with Crippen LogP contribution in [0.25, 0.3) is 0 Å². The summed E-state index contributed by atoms with van der Waals surface area (Å²) < 4.78 is 0. The van der Waals surface area contributed by atoms with E-state index in [1.807, 2.05) is 0 Å². The number of nitriles is 1. The van der Waals surface area contributed by atoms with Crippen LogP contribution in [0.1, 0.15) is 62.1 Å². The third-order valence-electron chi connectivity index (χ3n) is 5.73. The van der Waals surface area contributed by atoms with E-state index in [-0.39, 0.29) is 0 Å². The Balaban J connectivity index is 0.000000878. The third-order valence-corrected chi connectivity index (χ3v) is 6.26. The number of halogens is 1. The molecule has 0 aromatic heterocycles. The minimum atomic E-state index is 0.349. The van der Waals surface area contributed by atoms with E-state index >= 15 is 0 Å². The molecular formula is C25H33ClN2. The van der Waals surface area contributed by atoms with Crippen molar-refractivity contribution in [2.75, 3.05) is 7.05 Å². The lowest BCUT2D eigenvalue weighted by atomic mass is 9.79. The largest absolute Gasteiger partial charge is 0.299 e. The maximum Gasteiger partial charge on any atom is 0.0587 e. The van der Waals surface area contributed by atoms with Crippen LogP contribution < -0.4 is 0 Å². The molecule has 2 aromatic carbocycles. The number of nitrogens with zero attached hydrogens (tertiary/aromatic N) is 2. The van der Waals surface area contributed by atoms with Crippen LogP contribution in [0.2, 0.25) is 0 Å². The molecule has 28 heavy (non-hydrogen) atoms. The lowest BCUT2D eigenvalue weighted by molar-refractivity contribution is 0.216. The van der Waals surface area contributed by atoms with Crippen molar-refractivity contribution in [2.45, 2.75) is 69.8 Å². The summed E-state index contributed by atoms with van der Waals surface area (Å²) in [5.74, 6) is 0.580. The van der Waals surface area contributed by atoms with Gasteiger partial charge in [0.25, 0.3) is 0 Å². The van der Waals surface area contributed by atoms with Crippen molar-refractivity contribution < 1.29 is 0 Å². The Morgan fingerprint density at radius 3 is 2.21 bits per heavy atom. The second-order valence-corrected chi connectivity index (χ2v) is 8.23. The van der Waals surface area contributed by atoms with Crippen molar-refractivity contribution in [1.29, 1.82) is 5.26 Å². The van der Waals surface area contributed by atoms with Gasteiger partial charge >= 0.3 is 0 Å². The quantitative estimate of drug-likeness (QED) is 0.473. The van der Waals surface area contributed by atoms with Crippen LogP contribution in [0, 0.1) is 11.3 Å². The van der Waals surface area contributed by atoms with Gasteiger partial charge in [-0.05, 0) is 55.8 Å². The SMILES string of the molecule is CC#N.CCC(CCc1ccc(C2CCC2Cl)cc1)N(C)Cc1ccccc1. The maximum absolute atomic E-state index is 7.32. The molecule has 0 aliphatic heterocycles. The van der Waals surface area contributed by atoms with Gasteiger partial charge in [0, 0.05) is 30.8 Å². The fourth-order valence-corrected chi connectivity index (χ4v) is 4.23. The summed E-state index contributed by atoms with van der Waals surface area (Å²) in [6, 6.07) is 22.3. The Hall–Kier alpha value is -1.82. The predicted octanol–water partition coefficient (Wildman–Crippen LogP) is 6.54. The molecule has 1 aliphatic carbocycles. The average Bonchev–Trinajstić information content (AvgIpc) is 2.70. The molecule has 2 nitrogen and oxygen atoms in total. The molecule has 0 bridgehead atoms. The minimum Gasteiger partial charge on any atom is -0.299 e. The van der Waals surface area contributed by atoms with Crippen LogP contribution in [-0.2, 0) is 13.0 Å². The highest BCUT2D eigenvalue weighted by atomic mass is 35.5. The van der Waals surface area contributed by atoms with E-state index in [2.05, 4.69) is 73.5 Å². The molecule has 1 saturated carbocycles. The van der Waals surface area contributed by atoms with Crippen molar-refractivity contribution in [3.63, 3.8) is 0 Å². The van der Waals surface area contributed by atoms with Crippen molar-refractivity contribution >= 4 is 11.6 Å². The van der Waals surface area contributed by atoms with Gasteiger partial charge in [0.2, 0.25) is 0 Å². The number of hydrogen-bond donors (Lipinski definition) is 0. The van der Waals surface area contributed by atoms with Crippen LogP contribution in [0.4, 0.5) is 0 Å². The standard InChI is InChI=1S/C23H30ClN.C2H3N/c1-3-21(25(2)17-19-7-5-4-6-8-19)14-11-18-9-12-20(13-10-18)22-15-16-23(22)24;1-2-3/h4-10,12-13,21-23H,3,11,14-17H2,1-2H3;1H3. The molecule has 0 N–H and O–H groups in total. The molecule has 150 valence electrons. The molecule has 3 atom stereocenters. The highest BCUT2D eigenvalue weighted by Gasteiger charge is 2.29. The second kappa shape index (κ2) is 11.9. The first-order valence-corrected chi connectivity index (χ1v) is 10.8. The highest BCUT2D eigenvalue weighted by molar-refractivity contribution is 6.21. The summed E-state index contributed by atoms with van der Waals surface area (Å²) in [6.45, 7) is 4.75. The molecule has 0 spiro atoms. The summed E-state index contributed by atoms with van der Waals surface area (Å²) in [5, 5.41) is 7.67. The maximum atomic E-state index is 7.32. The zero-order valence-corrected chi connectivity index (χ0v) is 18.2. The Labute approximate surface area is 176 Å². The summed E-state index contributed by atoms with van der Waals surface area (Å²) in [4.78, 5) is 2.50. The lowest BCUT2D eigenvalue weighted by Gasteiger charge is -2.32. The Bertz CT molecular complexity index is 720. The molecule has 0 amide bonds. The van der Waals surface area contributed by atoms with Crippen LogP contribution >= 0.6 is 11.6 Å². The summed E-state index contributed by atoms with van der Waals surface area (Å²) in [6.07, 6.45) is 5.96. The molecule has 0 heterocycles. The molecule has 0 radical (unpaired) electrons. The van der Waals surface area contributed by atoms with Gasteiger partial charge < -0.3 is 0 Å². The number of benzene rings is 2. The van der Waals surface area contributed by atoms with Gasteiger partial charge in [0.15, 0.2) is 0 Å². The Kier molecular flexibility index (Phi) is 9.55. The molecular weight excluding hydrogens is 364 g/mol. The second-order valence-electron chi connectivity index (χ2n) is 7.67. The van der Waals surface area contributed by atoms with Crippen LogP contribution in [0.3, 0.4) is 0 Å². The molecule has 3 unspecified atom stereocenters. The summed E-state index contributed by atoms with van der Waals surface area (Å²) in [5.41, 5.74) is 4.26. The van der Waals surface area contributed by atoms with Gasteiger partial charge in [0.05, 0.1) is 6.07 Å². The fourth-order valence-electron chi connectivity index (χ4n) is 3.84. The molecule has 3 heteroatoms. The topological polar surface area (TPSA) is 27.0 Å². The van der Waals surface area contributed by atoms with Gasteiger partial charge in [0.1, 0.15) is 0 Å². The summed E-state index contributed by atoms with van der Waals surface area (Å²) in [7, 11) is 2.25. The molecule has 1 fully saturated rings. The van der Waals surface area contributed by atoms with Crippen molar-refractivity contribution in [2.24, 2.45) is 0 Å². The van der Waals surface area contributed by atoms with Gasteiger partial charge in [-0.15, -0.1) is 11.6 Å². The first kappa shape index (κ1) is 22.5. The number of aryl methyl sites for hydroxylation is 1. The fraction of sp³-hybridized carbons (Fsp3) is 0.480. The zero-order chi connectivity index (χ0) is 20.4.